The molecule has 0 atom stereocenters. The van der Waals surface area contributed by atoms with Crippen molar-refractivity contribution in [2.45, 2.75) is 44.9 Å². The SMILES string of the molecule is C#Cc1cnc(C(=O)Cc2ccc(CCC(N)=O)cc2C2=CCCCC2)[nH]1. The van der Waals surface area contributed by atoms with E-state index in [4.69, 9.17) is 12.2 Å². The number of primary amides is 1. The number of nitrogens with zero attached hydrogens (tertiary/aromatic N) is 1. The molecule has 0 saturated carbocycles. The van der Waals surface area contributed by atoms with Crippen LogP contribution in [-0.4, -0.2) is 21.7 Å². The van der Waals surface area contributed by atoms with Crippen LogP contribution in [0.3, 0.4) is 0 Å². The zero-order chi connectivity index (χ0) is 19.2. The molecule has 3 rings (SSSR count). The van der Waals surface area contributed by atoms with Gasteiger partial charge in [-0.05, 0) is 54.4 Å². The number of carbonyl (C=O) groups excluding carboxylic acids is 2. The Bertz CT molecular complexity index is 931. The molecular formula is C22H23N3O2. The topological polar surface area (TPSA) is 88.8 Å². The Kier molecular flexibility index (Phi) is 5.87. The average molecular weight is 361 g/mol. The molecule has 1 aliphatic carbocycles. The highest BCUT2D eigenvalue weighted by atomic mass is 16.1. The van der Waals surface area contributed by atoms with Crippen LogP contribution in [0.4, 0.5) is 0 Å². The smallest absolute Gasteiger partial charge is 0.217 e. The van der Waals surface area contributed by atoms with Crippen LogP contribution in [0.15, 0.2) is 30.5 Å². The number of aryl methyl sites for hydroxylation is 1. The van der Waals surface area contributed by atoms with Gasteiger partial charge in [0.15, 0.2) is 5.82 Å². The minimum absolute atomic E-state index is 0.0981. The first-order valence-corrected chi connectivity index (χ1v) is 9.21. The van der Waals surface area contributed by atoms with Crippen LogP contribution in [0.5, 0.6) is 0 Å². The summed E-state index contributed by atoms with van der Waals surface area (Å²) in [6.45, 7) is 0. The van der Waals surface area contributed by atoms with E-state index in [9.17, 15) is 9.59 Å². The second-order valence-corrected chi connectivity index (χ2v) is 6.82. The maximum Gasteiger partial charge on any atom is 0.217 e. The van der Waals surface area contributed by atoms with Gasteiger partial charge in [0.25, 0.3) is 0 Å². The molecule has 0 bridgehead atoms. The monoisotopic (exact) mass is 361 g/mol. The molecule has 0 aliphatic heterocycles. The number of hydrogen-bond donors (Lipinski definition) is 2. The highest BCUT2D eigenvalue weighted by Crippen LogP contribution is 2.30. The second kappa shape index (κ2) is 8.50. The molecule has 1 heterocycles. The van der Waals surface area contributed by atoms with Crippen molar-refractivity contribution in [3.05, 3.63) is 58.7 Å². The molecule has 0 saturated heterocycles. The molecule has 0 radical (unpaired) electrons. The van der Waals surface area contributed by atoms with E-state index in [2.05, 4.69) is 28.0 Å². The summed E-state index contributed by atoms with van der Waals surface area (Å²) in [5.41, 5.74) is 10.2. The maximum absolute atomic E-state index is 12.6. The molecule has 1 aliphatic rings. The lowest BCUT2D eigenvalue weighted by Gasteiger charge is -2.17. The fraction of sp³-hybridized carbons (Fsp3) is 0.318. The fourth-order valence-corrected chi connectivity index (χ4v) is 3.38. The van der Waals surface area contributed by atoms with Gasteiger partial charge in [0.2, 0.25) is 11.7 Å². The molecule has 1 aromatic heterocycles. The third-order valence-electron chi connectivity index (χ3n) is 4.82. The van der Waals surface area contributed by atoms with E-state index in [0.717, 1.165) is 36.0 Å². The summed E-state index contributed by atoms with van der Waals surface area (Å²) in [5.74, 6) is 2.32. The highest BCUT2D eigenvalue weighted by molar-refractivity contribution is 5.95. The van der Waals surface area contributed by atoms with Gasteiger partial charge in [-0.25, -0.2) is 4.98 Å². The number of rotatable bonds is 7. The van der Waals surface area contributed by atoms with Gasteiger partial charge in [-0.1, -0.05) is 30.2 Å². The average Bonchev–Trinajstić information content (AvgIpc) is 3.17. The number of aromatic nitrogens is 2. The van der Waals surface area contributed by atoms with E-state index < -0.39 is 0 Å². The van der Waals surface area contributed by atoms with Gasteiger partial charge in [-0.15, -0.1) is 6.42 Å². The van der Waals surface area contributed by atoms with Gasteiger partial charge in [0, 0.05) is 12.8 Å². The van der Waals surface area contributed by atoms with Crippen molar-refractivity contribution in [2.24, 2.45) is 5.73 Å². The third-order valence-corrected chi connectivity index (χ3v) is 4.82. The molecule has 0 fully saturated rings. The van der Waals surface area contributed by atoms with Crippen LogP contribution in [0.2, 0.25) is 0 Å². The number of aromatic amines is 1. The van der Waals surface area contributed by atoms with E-state index in [1.807, 2.05) is 12.1 Å². The Morgan fingerprint density at radius 3 is 2.81 bits per heavy atom. The number of nitrogens with two attached hydrogens (primary N) is 1. The van der Waals surface area contributed by atoms with E-state index in [1.165, 1.54) is 18.2 Å². The van der Waals surface area contributed by atoms with Crippen molar-refractivity contribution in [3.63, 3.8) is 0 Å². The number of ketones is 1. The molecule has 3 N–H and O–H groups in total. The molecule has 5 nitrogen and oxygen atoms in total. The zero-order valence-electron chi connectivity index (χ0n) is 15.3. The number of amides is 1. The molecule has 1 aromatic carbocycles. The van der Waals surface area contributed by atoms with Crippen molar-refractivity contribution in [1.29, 1.82) is 0 Å². The zero-order valence-corrected chi connectivity index (χ0v) is 15.3. The van der Waals surface area contributed by atoms with Crippen molar-refractivity contribution in [2.75, 3.05) is 0 Å². The third kappa shape index (κ3) is 4.73. The lowest BCUT2D eigenvalue weighted by Crippen LogP contribution is -2.12. The summed E-state index contributed by atoms with van der Waals surface area (Å²) in [4.78, 5) is 30.7. The van der Waals surface area contributed by atoms with E-state index in [1.54, 1.807) is 0 Å². The minimum Gasteiger partial charge on any atom is -0.370 e. The summed E-state index contributed by atoms with van der Waals surface area (Å²) in [7, 11) is 0. The van der Waals surface area contributed by atoms with Crippen molar-refractivity contribution in [1.82, 2.24) is 9.97 Å². The maximum atomic E-state index is 12.6. The Hall–Kier alpha value is -3.13. The molecule has 1 amide bonds. The molecule has 138 valence electrons. The van der Waals surface area contributed by atoms with Crippen LogP contribution >= 0.6 is 0 Å². The van der Waals surface area contributed by atoms with Gasteiger partial charge in [0.1, 0.15) is 5.69 Å². The second-order valence-electron chi connectivity index (χ2n) is 6.82. The van der Waals surface area contributed by atoms with Crippen LogP contribution in [0, 0.1) is 12.3 Å². The van der Waals surface area contributed by atoms with Gasteiger partial charge < -0.3 is 10.7 Å². The van der Waals surface area contributed by atoms with Crippen LogP contribution in [0.1, 0.15) is 65.1 Å². The molecule has 27 heavy (non-hydrogen) atoms. The number of terminal acetylenes is 1. The van der Waals surface area contributed by atoms with E-state index in [0.29, 0.717) is 18.5 Å². The molecule has 0 spiro atoms. The number of H-pyrrole nitrogens is 1. The Morgan fingerprint density at radius 2 is 2.15 bits per heavy atom. The normalized spacial score (nSPS) is 13.7. The number of allylic oxidation sites excluding steroid dienone is 2. The van der Waals surface area contributed by atoms with Gasteiger partial charge in [-0.2, -0.15) is 0 Å². The van der Waals surface area contributed by atoms with Gasteiger partial charge in [0.05, 0.1) is 6.20 Å². The fourth-order valence-electron chi connectivity index (χ4n) is 3.38. The predicted molar refractivity (Wildman–Crippen MR) is 105 cm³/mol. The number of carbonyl (C=O) groups is 2. The Labute approximate surface area is 159 Å². The number of nitrogens with one attached hydrogen (secondary N) is 1. The number of hydrogen-bond acceptors (Lipinski definition) is 3. The number of Topliss-reactive ketones (excluding diaryl/α,β-unsaturated/α-hetero) is 1. The quantitative estimate of drug-likeness (QED) is 0.586. The van der Waals surface area contributed by atoms with Crippen molar-refractivity contribution in [3.8, 4) is 12.3 Å². The summed E-state index contributed by atoms with van der Waals surface area (Å²) in [6.07, 6.45) is 14.7. The standard InChI is InChI=1S/C22H23N3O2/c1-2-18-14-24-22(25-18)20(26)13-17-10-8-15(9-11-21(23)27)12-19(17)16-6-4-3-5-7-16/h1,6,8,10,12,14H,3-5,7,9,11,13H2,(H2,23,27)(H,24,25). The van der Waals surface area contributed by atoms with Gasteiger partial charge >= 0.3 is 0 Å². The van der Waals surface area contributed by atoms with Crippen molar-refractivity contribution >= 4 is 17.3 Å². The van der Waals surface area contributed by atoms with E-state index >= 15 is 0 Å². The molecule has 2 aromatic rings. The molecular weight excluding hydrogens is 338 g/mol. The first-order chi connectivity index (χ1) is 13.1. The van der Waals surface area contributed by atoms with Crippen LogP contribution < -0.4 is 5.73 Å². The molecule has 0 unspecified atom stereocenters. The largest absolute Gasteiger partial charge is 0.370 e. The Balaban J connectivity index is 1.88. The minimum atomic E-state index is -0.310. The summed E-state index contributed by atoms with van der Waals surface area (Å²) in [5, 5.41) is 0. The van der Waals surface area contributed by atoms with Crippen molar-refractivity contribution < 1.29 is 9.59 Å². The van der Waals surface area contributed by atoms with Crippen LogP contribution in [0.25, 0.3) is 5.57 Å². The summed E-state index contributed by atoms with van der Waals surface area (Å²) >= 11 is 0. The van der Waals surface area contributed by atoms with Gasteiger partial charge in [-0.3, -0.25) is 9.59 Å². The van der Waals surface area contributed by atoms with Crippen LogP contribution in [-0.2, 0) is 17.6 Å². The summed E-state index contributed by atoms with van der Waals surface area (Å²) in [6, 6.07) is 6.04. The summed E-state index contributed by atoms with van der Waals surface area (Å²) < 4.78 is 0. The molecule has 5 heteroatoms. The Morgan fingerprint density at radius 1 is 1.30 bits per heavy atom. The number of benzene rings is 1. The van der Waals surface area contributed by atoms with E-state index in [-0.39, 0.29) is 23.9 Å². The first-order valence-electron chi connectivity index (χ1n) is 9.21. The lowest BCUT2D eigenvalue weighted by molar-refractivity contribution is -0.117. The lowest BCUT2D eigenvalue weighted by atomic mass is 9.87. The first kappa shape index (κ1) is 18.7. The highest BCUT2D eigenvalue weighted by Gasteiger charge is 2.17. The number of imidazole rings is 1. The predicted octanol–water partition coefficient (Wildman–Crippen LogP) is 3.19.